The SMILES string of the molecule is CC\C=C/C=C\C=C/CCCCCCCC(=O)OCC(COC(=O)CCCCCCC\C=C/C=C\C=C/C=C\C=C/CCC)OC(=O)CCCCCCCCCCCCCCCCC. The lowest BCUT2D eigenvalue weighted by Crippen LogP contribution is -2.30. The number of esters is 3. The summed E-state index contributed by atoms with van der Waals surface area (Å²) in [5.74, 6) is -0.939. The van der Waals surface area contributed by atoms with E-state index in [0.29, 0.717) is 19.3 Å². The normalized spacial score (nSPS) is 12.9. The van der Waals surface area contributed by atoms with Crippen molar-refractivity contribution in [3.63, 3.8) is 0 Å². The molecule has 0 spiro atoms. The van der Waals surface area contributed by atoms with Crippen molar-refractivity contribution in [2.75, 3.05) is 13.2 Å². The predicted molar refractivity (Wildman–Crippen MR) is 274 cm³/mol. The van der Waals surface area contributed by atoms with Gasteiger partial charge in [0.25, 0.3) is 0 Å². The second-order valence-corrected chi connectivity index (χ2v) is 17.2. The van der Waals surface area contributed by atoms with Gasteiger partial charge in [0.2, 0.25) is 0 Å². The molecule has 0 bridgehead atoms. The van der Waals surface area contributed by atoms with Gasteiger partial charge in [-0.3, -0.25) is 14.4 Å². The summed E-state index contributed by atoms with van der Waals surface area (Å²) in [5.41, 5.74) is 0. The van der Waals surface area contributed by atoms with Crippen LogP contribution >= 0.6 is 0 Å². The maximum absolute atomic E-state index is 12.8. The number of allylic oxidation sites excluding steroid dienone is 16. The van der Waals surface area contributed by atoms with E-state index in [0.717, 1.165) is 109 Å². The molecule has 0 saturated carbocycles. The van der Waals surface area contributed by atoms with Gasteiger partial charge in [-0.05, 0) is 57.8 Å². The highest BCUT2D eigenvalue weighted by molar-refractivity contribution is 5.71. The highest BCUT2D eigenvalue weighted by atomic mass is 16.6. The molecule has 6 heteroatoms. The highest BCUT2D eigenvalue weighted by Crippen LogP contribution is 2.15. The van der Waals surface area contributed by atoms with Gasteiger partial charge in [-0.2, -0.15) is 0 Å². The van der Waals surface area contributed by atoms with Crippen molar-refractivity contribution in [3.05, 3.63) is 97.2 Å². The summed E-state index contributed by atoms with van der Waals surface area (Å²) in [6.45, 7) is 6.38. The topological polar surface area (TPSA) is 78.9 Å². The maximum Gasteiger partial charge on any atom is 0.306 e. The predicted octanol–water partition coefficient (Wildman–Crippen LogP) is 17.4. The molecule has 0 rings (SSSR count). The summed E-state index contributed by atoms with van der Waals surface area (Å²) < 4.78 is 16.8. The van der Waals surface area contributed by atoms with Gasteiger partial charge in [0.1, 0.15) is 13.2 Å². The first-order chi connectivity index (χ1) is 31.5. The molecule has 0 aromatic rings. The van der Waals surface area contributed by atoms with Gasteiger partial charge >= 0.3 is 17.9 Å². The van der Waals surface area contributed by atoms with E-state index in [1.807, 2.05) is 24.3 Å². The molecule has 0 N–H and O–H groups in total. The van der Waals surface area contributed by atoms with Crippen molar-refractivity contribution in [3.8, 4) is 0 Å². The Morgan fingerprint density at radius 1 is 0.328 bits per heavy atom. The summed E-state index contributed by atoms with van der Waals surface area (Å²) in [5, 5.41) is 0. The van der Waals surface area contributed by atoms with Crippen LogP contribution in [-0.2, 0) is 28.6 Å². The van der Waals surface area contributed by atoms with Crippen LogP contribution in [0.4, 0.5) is 0 Å². The third kappa shape index (κ3) is 49.3. The van der Waals surface area contributed by atoms with E-state index in [-0.39, 0.29) is 31.1 Å². The fourth-order valence-electron chi connectivity index (χ4n) is 7.06. The minimum absolute atomic E-state index is 0.0962. The molecule has 0 aromatic heterocycles. The number of rotatable bonds is 46. The van der Waals surface area contributed by atoms with Crippen LogP contribution in [0.1, 0.15) is 233 Å². The van der Waals surface area contributed by atoms with Gasteiger partial charge in [-0.25, -0.2) is 0 Å². The van der Waals surface area contributed by atoms with Crippen molar-refractivity contribution in [2.24, 2.45) is 0 Å². The minimum Gasteiger partial charge on any atom is -0.462 e. The molecule has 0 aliphatic rings. The van der Waals surface area contributed by atoms with Crippen LogP contribution < -0.4 is 0 Å². The van der Waals surface area contributed by atoms with E-state index in [2.05, 4.69) is 93.7 Å². The van der Waals surface area contributed by atoms with E-state index < -0.39 is 6.10 Å². The Morgan fingerprint density at radius 3 is 1.02 bits per heavy atom. The van der Waals surface area contributed by atoms with Gasteiger partial charge in [0.05, 0.1) is 0 Å². The smallest absolute Gasteiger partial charge is 0.306 e. The van der Waals surface area contributed by atoms with Crippen LogP contribution in [0.25, 0.3) is 0 Å². The fourth-order valence-corrected chi connectivity index (χ4v) is 7.06. The fraction of sp³-hybridized carbons (Fsp3) is 0.672. The molecule has 0 heterocycles. The monoisotopic (exact) mass is 889 g/mol. The molecule has 1 atom stereocenters. The third-order valence-electron chi connectivity index (χ3n) is 11.0. The first-order valence-electron chi connectivity index (χ1n) is 26.3. The molecular formula is C58H96O6. The average molecular weight is 889 g/mol. The lowest BCUT2D eigenvalue weighted by molar-refractivity contribution is -0.167. The lowest BCUT2D eigenvalue weighted by Gasteiger charge is -2.18. The average Bonchev–Trinajstić information content (AvgIpc) is 3.29. The second-order valence-electron chi connectivity index (χ2n) is 17.2. The van der Waals surface area contributed by atoms with Crippen LogP contribution in [0.3, 0.4) is 0 Å². The Morgan fingerprint density at radius 2 is 0.641 bits per heavy atom. The van der Waals surface area contributed by atoms with Crippen LogP contribution in [0, 0.1) is 0 Å². The first-order valence-corrected chi connectivity index (χ1v) is 26.3. The Labute approximate surface area is 394 Å². The zero-order valence-electron chi connectivity index (χ0n) is 41.5. The second kappa shape index (κ2) is 52.0. The minimum atomic E-state index is -0.796. The summed E-state index contributed by atoms with van der Waals surface area (Å²) in [4.78, 5) is 38.0. The molecule has 0 aliphatic carbocycles. The molecule has 6 nitrogen and oxygen atoms in total. The molecule has 1 unspecified atom stereocenters. The summed E-state index contributed by atoms with van der Waals surface area (Å²) >= 11 is 0. The van der Waals surface area contributed by atoms with Crippen molar-refractivity contribution >= 4 is 17.9 Å². The molecule has 0 amide bonds. The molecular weight excluding hydrogens is 793 g/mol. The van der Waals surface area contributed by atoms with E-state index in [4.69, 9.17) is 14.2 Å². The molecule has 364 valence electrons. The molecule has 0 aromatic carbocycles. The number of hydrogen-bond donors (Lipinski definition) is 0. The van der Waals surface area contributed by atoms with Crippen LogP contribution in [-0.4, -0.2) is 37.2 Å². The number of carbonyl (C=O) groups excluding carboxylic acids is 3. The Balaban J connectivity index is 4.46. The quantitative estimate of drug-likeness (QED) is 0.0262. The zero-order valence-corrected chi connectivity index (χ0v) is 41.5. The van der Waals surface area contributed by atoms with Gasteiger partial charge < -0.3 is 14.2 Å². The molecule has 64 heavy (non-hydrogen) atoms. The van der Waals surface area contributed by atoms with Crippen molar-refractivity contribution in [1.29, 1.82) is 0 Å². The number of ether oxygens (including phenoxy) is 3. The molecule has 0 aliphatic heterocycles. The van der Waals surface area contributed by atoms with Crippen molar-refractivity contribution in [2.45, 2.75) is 239 Å². The largest absolute Gasteiger partial charge is 0.462 e. The Kier molecular flexibility index (Phi) is 49.0. The Bertz CT molecular complexity index is 1300. The van der Waals surface area contributed by atoms with E-state index in [9.17, 15) is 14.4 Å². The highest BCUT2D eigenvalue weighted by Gasteiger charge is 2.19. The van der Waals surface area contributed by atoms with E-state index in [1.165, 1.54) is 83.5 Å². The van der Waals surface area contributed by atoms with Crippen LogP contribution in [0.15, 0.2) is 97.2 Å². The Hall–Kier alpha value is -3.67. The van der Waals surface area contributed by atoms with Crippen molar-refractivity contribution in [1.82, 2.24) is 0 Å². The lowest BCUT2D eigenvalue weighted by atomic mass is 10.0. The van der Waals surface area contributed by atoms with Gasteiger partial charge in [0, 0.05) is 19.3 Å². The summed E-state index contributed by atoms with van der Waals surface area (Å²) in [6, 6.07) is 0. The van der Waals surface area contributed by atoms with Gasteiger partial charge in [0.15, 0.2) is 6.10 Å². The van der Waals surface area contributed by atoms with Crippen molar-refractivity contribution < 1.29 is 28.6 Å². The summed E-state index contributed by atoms with van der Waals surface area (Å²) in [6.07, 6.45) is 68.1. The number of hydrogen-bond acceptors (Lipinski definition) is 6. The molecule has 0 fully saturated rings. The maximum atomic E-state index is 12.8. The zero-order chi connectivity index (χ0) is 46.5. The van der Waals surface area contributed by atoms with Crippen LogP contribution in [0.5, 0.6) is 0 Å². The van der Waals surface area contributed by atoms with Crippen LogP contribution in [0.2, 0.25) is 0 Å². The summed E-state index contributed by atoms with van der Waals surface area (Å²) in [7, 11) is 0. The molecule has 0 radical (unpaired) electrons. The van der Waals surface area contributed by atoms with Gasteiger partial charge in [-0.1, -0.05) is 253 Å². The van der Waals surface area contributed by atoms with E-state index >= 15 is 0 Å². The van der Waals surface area contributed by atoms with E-state index in [1.54, 1.807) is 0 Å². The standard InChI is InChI=1S/C58H96O6/c1-4-7-10-13-16-19-22-25-27-28-29-31-33-36-39-42-45-48-51-57(60)63-54-55(53-62-56(59)50-47-44-41-38-35-32-24-21-18-15-12-9-6-3)64-58(61)52-49-46-43-40-37-34-30-26-23-20-17-14-11-8-5-2/h9-10,12-13,15-16,18-19,21-22,24-25,27-29,31,55H,4-8,11,14,17,20,23,26,30,32-54H2,1-3H3/b12-9-,13-10-,18-15-,19-16-,24-21-,25-22-,28-27-,31-29-. The number of unbranched alkanes of at least 4 members (excludes halogenated alkanes) is 25. The molecule has 0 saturated heterocycles. The third-order valence-corrected chi connectivity index (χ3v) is 11.0. The number of carbonyl (C=O) groups is 3. The van der Waals surface area contributed by atoms with Gasteiger partial charge in [-0.15, -0.1) is 0 Å². The first kappa shape index (κ1) is 60.3.